The number of nitrogens with one attached hydrogen (secondary N) is 2. The molecule has 0 radical (unpaired) electrons. The Morgan fingerprint density at radius 3 is 3.14 bits per heavy atom. The molecular weight excluding hydrogens is 198 g/mol. The van der Waals surface area contributed by atoms with E-state index < -0.39 is 0 Å². The lowest BCUT2D eigenvalue weighted by atomic mass is 10.1. The van der Waals surface area contributed by atoms with Crippen molar-refractivity contribution in [2.24, 2.45) is 0 Å². The van der Waals surface area contributed by atoms with Crippen molar-refractivity contribution in [1.82, 2.24) is 25.1 Å². The molecule has 0 amide bonds. The average Bonchev–Trinajstić information content (AvgIpc) is 2.86. The number of nitrogens with zero attached hydrogens (tertiary/aromatic N) is 3. The van der Waals surface area contributed by atoms with Crippen molar-refractivity contribution >= 4 is 11.5 Å². The molecule has 0 bridgehead atoms. The first-order valence-electron chi connectivity index (χ1n) is 4.32. The highest BCUT2D eigenvalue weighted by molar-refractivity contribution is 7.03. The third kappa shape index (κ3) is 1.97. The molecule has 0 aliphatic rings. The molecule has 0 aliphatic heterocycles. The molecule has 2 rings (SSSR count). The van der Waals surface area contributed by atoms with Crippen LogP contribution >= 0.6 is 11.5 Å². The maximum Gasteiger partial charge on any atom is 0.0774 e. The molecule has 14 heavy (non-hydrogen) atoms. The summed E-state index contributed by atoms with van der Waals surface area (Å²) in [5.41, 5.74) is 2.15. The highest BCUT2D eigenvalue weighted by Gasteiger charge is 2.12. The summed E-state index contributed by atoms with van der Waals surface area (Å²) in [5.74, 6) is 0. The number of hydrogen-bond acceptors (Lipinski definition) is 5. The van der Waals surface area contributed by atoms with Crippen LogP contribution in [-0.4, -0.2) is 26.8 Å². The number of H-pyrrole nitrogens is 1. The number of aromatic amines is 1. The lowest BCUT2D eigenvalue weighted by molar-refractivity contribution is 0.584. The van der Waals surface area contributed by atoms with Gasteiger partial charge in [-0.1, -0.05) is 4.49 Å². The largest absolute Gasteiger partial charge is 0.313 e. The summed E-state index contributed by atoms with van der Waals surface area (Å²) in [5, 5.41) is 15.9. The first-order chi connectivity index (χ1) is 6.90. The van der Waals surface area contributed by atoms with Crippen molar-refractivity contribution in [3.8, 4) is 0 Å². The summed E-state index contributed by atoms with van der Waals surface area (Å²) < 4.78 is 3.83. The van der Waals surface area contributed by atoms with E-state index in [1.807, 2.05) is 24.8 Å². The van der Waals surface area contributed by atoms with Gasteiger partial charge in [0.15, 0.2) is 0 Å². The zero-order valence-electron chi connectivity index (χ0n) is 7.77. The minimum Gasteiger partial charge on any atom is -0.313 e. The van der Waals surface area contributed by atoms with Crippen molar-refractivity contribution in [1.29, 1.82) is 0 Å². The number of rotatable bonds is 4. The third-order valence-corrected chi connectivity index (χ3v) is 2.64. The Bertz CT molecular complexity index is 355. The van der Waals surface area contributed by atoms with Crippen LogP contribution in [0.1, 0.15) is 17.3 Å². The van der Waals surface area contributed by atoms with Crippen molar-refractivity contribution < 1.29 is 0 Å². The van der Waals surface area contributed by atoms with Crippen LogP contribution in [0.5, 0.6) is 0 Å². The number of likely N-dealkylation sites (N-methyl/N-ethyl adjacent to an activating group) is 1. The van der Waals surface area contributed by atoms with Crippen molar-refractivity contribution in [3.05, 3.63) is 29.0 Å². The molecule has 1 atom stereocenters. The number of aromatic nitrogens is 4. The van der Waals surface area contributed by atoms with Crippen LogP contribution in [0, 0.1) is 0 Å². The molecule has 2 N–H and O–H groups in total. The Morgan fingerprint density at radius 2 is 2.57 bits per heavy atom. The zero-order valence-corrected chi connectivity index (χ0v) is 8.58. The summed E-state index contributed by atoms with van der Waals surface area (Å²) in [6, 6.07) is 0.248. The van der Waals surface area contributed by atoms with E-state index in [0.29, 0.717) is 0 Å². The maximum absolute atomic E-state index is 4.01. The van der Waals surface area contributed by atoms with E-state index in [0.717, 1.165) is 17.7 Å². The molecule has 0 aliphatic carbocycles. The highest BCUT2D eigenvalue weighted by atomic mass is 32.1. The van der Waals surface area contributed by atoms with E-state index in [-0.39, 0.29) is 6.04 Å². The molecule has 0 fully saturated rings. The molecular formula is C8H11N5S. The van der Waals surface area contributed by atoms with E-state index in [4.69, 9.17) is 0 Å². The summed E-state index contributed by atoms with van der Waals surface area (Å²) in [6.07, 6.45) is 4.55. The SMILES string of the molecule is CNC(Cc1csnn1)c1cn[nH]c1. The van der Waals surface area contributed by atoms with Gasteiger partial charge in [-0.15, -0.1) is 5.10 Å². The van der Waals surface area contributed by atoms with Crippen LogP contribution in [0.2, 0.25) is 0 Å². The average molecular weight is 209 g/mol. The Balaban J connectivity index is 2.08. The molecule has 0 saturated heterocycles. The third-order valence-electron chi connectivity index (χ3n) is 2.09. The second-order valence-corrected chi connectivity index (χ2v) is 3.58. The predicted octanol–water partition coefficient (Wildman–Crippen LogP) is 0.764. The van der Waals surface area contributed by atoms with Gasteiger partial charge in [0.2, 0.25) is 0 Å². The Hall–Kier alpha value is -1.27. The van der Waals surface area contributed by atoms with Gasteiger partial charge in [-0.05, 0) is 18.6 Å². The van der Waals surface area contributed by atoms with E-state index in [2.05, 4.69) is 25.1 Å². The van der Waals surface area contributed by atoms with Gasteiger partial charge < -0.3 is 5.32 Å². The quantitative estimate of drug-likeness (QED) is 0.780. The molecule has 2 aromatic rings. The first kappa shape index (κ1) is 9.29. The molecule has 0 aromatic carbocycles. The topological polar surface area (TPSA) is 66.5 Å². The van der Waals surface area contributed by atoms with Gasteiger partial charge in [-0.25, -0.2) is 0 Å². The van der Waals surface area contributed by atoms with Gasteiger partial charge in [0.1, 0.15) is 0 Å². The highest BCUT2D eigenvalue weighted by Crippen LogP contribution is 2.15. The first-order valence-corrected chi connectivity index (χ1v) is 5.15. The van der Waals surface area contributed by atoms with E-state index in [9.17, 15) is 0 Å². The van der Waals surface area contributed by atoms with E-state index >= 15 is 0 Å². The van der Waals surface area contributed by atoms with Gasteiger partial charge in [0.25, 0.3) is 0 Å². The van der Waals surface area contributed by atoms with Gasteiger partial charge in [-0.2, -0.15) is 5.10 Å². The van der Waals surface area contributed by atoms with Gasteiger partial charge in [-0.3, -0.25) is 5.10 Å². The summed E-state index contributed by atoms with van der Waals surface area (Å²) in [7, 11) is 1.93. The lowest BCUT2D eigenvalue weighted by Crippen LogP contribution is -2.18. The lowest BCUT2D eigenvalue weighted by Gasteiger charge is -2.11. The molecule has 2 heterocycles. The Labute approximate surface area is 85.7 Å². The second-order valence-electron chi connectivity index (χ2n) is 2.97. The smallest absolute Gasteiger partial charge is 0.0774 e. The normalized spacial score (nSPS) is 12.9. The maximum atomic E-state index is 4.01. The van der Waals surface area contributed by atoms with Crippen molar-refractivity contribution in [2.75, 3.05) is 7.05 Å². The van der Waals surface area contributed by atoms with Crippen LogP contribution in [-0.2, 0) is 6.42 Å². The molecule has 1 unspecified atom stereocenters. The minimum atomic E-state index is 0.248. The van der Waals surface area contributed by atoms with E-state index in [1.54, 1.807) is 0 Å². The molecule has 2 aromatic heterocycles. The van der Waals surface area contributed by atoms with Crippen molar-refractivity contribution in [2.45, 2.75) is 12.5 Å². The van der Waals surface area contributed by atoms with Crippen molar-refractivity contribution in [3.63, 3.8) is 0 Å². The van der Waals surface area contributed by atoms with Crippen LogP contribution < -0.4 is 5.32 Å². The molecule has 0 spiro atoms. The second kappa shape index (κ2) is 4.30. The van der Waals surface area contributed by atoms with Crippen LogP contribution in [0.3, 0.4) is 0 Å². The van der Waals surface area contributed by atoms with Gasteiger partial charge in [0, 0.05) is 29.6 Å². The van der Waals surface area contributed by atoms with Gasteiger partial charge in [0.05, 0.1) is 11.9 Å². The molecule has 0 saturated carbocycles. The van der Waals surface area contributed by atoms with Crippen LogP contribution in [0.15, 0.2) is 17.8 Å². The minimum absolute atomic E-state index is 0.248. The summed E-state index contributed by atoms with van der Waals surface area (Å²) >= 11 is 1.38. The standard InChI is InChI=1S/C8H11N5S/c1-9-8(6-3-10-11-4-6)2-7-5-14-13-12-7/h3-5,8-9H,2H2,1H3,(H,10,11). The fourth-order valence-electron chi connectivity index (χ4n) is 1.32. The Kier molecular flexibility index (Phi) is 2.85. The van der Waals surface area contributed by atoms with Gasteiger partial charge >= 0.3 is 0 Å². The molecule has 5 nitrogen and oxygen atoms in total. The van der Waals surface area contributed by atoms with Crippen LogP contribution in [0.25, 0.3) is 0 Å². The fraction of sp³-hybridized carbons (Fsp3) is 0.375. The van der Waals surface area contributed by atoms with Crippen LogP contribution in [0.4, 0.5) is 0 Å². The number of hydrogen-bond donors (Lipinski definition) is 2. The monoisotopic (exact) mass is 209 g/mol. The predicted molar refractivity (Wildman–Crippen MR) is 54.0 cm³/mol. The zero-order chi connectivity index (χ0) is 9.80. The summed E-state index contributed by atoms with van der Waals surface area (Å²) in [6.45, 7) is 0. The Morgan fingerprint density at radius 1 is 1.64 bits per heavy atom. The fourth-order valence-corrected chi connectivity index (χ4v) is 1.78. The molecule has 74 valence electrons. The van der Waals surface area contributed by atoms with E-state index in [1.165, 1.54) is 11.5 Å². The molecule has 6 heteroatoms. The summed E-state index contributed by atoms with van der Waals surface area (Å²) in [4.78, 5) is 0.